The van der Waals surface area contributed by atoms with E-state index in [2.05, 4.69) is 26.0 Å². The van der Waals surface area contributed by atoms with Crippen LogP contribution in [-0.4, -0.2) is 25.0 Å². The van der Waals surface area contributed by atoms with Crippen LogP contribution >= 0.6 is 15.9 Å². The maximum Gasteiger partial charge on any atom is 0.328 e. The number of hydrogen-bond acceptors (Lipinski definition) is 3. The van der Waals surface area contributed by atoms with Crippen molar-refractivity contribution in [2.24, 2.45) is 5.92 Å². The van der Waals surface area contributed by atoms with E-state index in [1.54, 1.807) is 13.8 Å². The van der Waals surface area contributed by atoms with Gasteiger partial charge < -0.3 is 10.1 Å². The average Bonchev–Trinajstić information content (AvgIpc) is 2.37. The van der Waals surface area contributed by atoms with Crippen molar-refractivity contribution in [1.82, 2.24) is 5.32 Å². The van der Waals surface area contributed by atoms with Gasteiger partial charge in [-0.2, -0.15) is 0 Å². The van der Waals surface area contributed by atoms with E-state index >= 15 is 0 Å². The van der Waals surface area contributed by atoms with Crippen molar-refractivity contribution in [2.75, 3.05) is 7.11 Å². The average molecular weight is 332 g/mol. The van der Waals surface area contributed by atoms with Crippen molar-refractivity contribution in [2.45, 2.75) is 19.9 Å². The number of esters is 1. The molecule has 0 saturated heterocycles. The maximum absolute atomic E-state index is 13.3. The SMILES string of the molecule is COC(=O)C(NC(=O)c1cccc(F)c1Br)C(C)C. The van der Waals surface area contributed by atoms with Gasteiger partial charge in [0.25, 0.3) is 5.91 Å². The second-order valence-corrected chi connectivity index (χ2v) is 5.11. The molecule has 0 aliphatic rings. The zero-order valence-corrected chi connectivity index (χ0v) is 12.5. The summed E-state index contributed by atoms with van der Waals surface area (Å²) in [7, 11) is 1.25. The highest BCUT2D eigenvalue weighted by Crippen LogP contribution is 2.20. The molecule has 0 fully saturated rings. The number of ether oxygens (including phenoxy) is 1. The van der Waals surface area contributed by atoms with Gasteiger partial charge in [-0.25, -0.2) is 9.18 Å². The molecule has 0 bridgehead atoms. The molecule has 1 aromatic rings. The molecule has 0 aromatic heterocycles. The first-order chi connectivity index (χ1) is 8.88. The maximum atomic E-state index is 13.3. The van der Waals surface area contributed by atoms with Crippen molar-refractivity contribution < 1.29 is 18.7 Å². The standard InChI is InChI=1S/C13H15BrFNO3/c1-7(2)11(13(18)19-3)16-12(17)8-5-4-6-9(15)10(8)14/h4-7,11H,1-3H3,(H,16,17). The largest absolute Gasteiger partial charge is 0.467 e. The molecule has 1 amide bonds. The second kappa shape index (κ2) is 6.65. The molecule has 19 heavy (non-hydrogen) atoms. The minimum atomic E-state index is -0.771. The molecule has 0 saturated carbocycles. The van der Waals surface area contributed by atoms with Crippen molar-refractivity contribution in [1.29, 1.82) is 0 Å². The summed E-state index contributed by atoms with van der Waals surface area (Å²) in [6, 6.07) is 3.36. The summed E-state index contributed by atoms with van der Waals surface area (Å²) in [6.07, 6.45) is 0. The fourth-order valence-electron chi connectivity index (χ4n) is 1.52. The lowest BCUT2D eigenvalue weighted by Crippen LogP contribution is -2.45. The summed E-state index contributed by atoms with van der Waals surface area (Å²) in [5.74, 6) is -1.73. The van der Waals surface area contributed by atoms with E-state index in [1.807, 2.05) is 0 Å². The van der Waals surface area contributed by atoms with Crippen LogP contribution in [0, 0.1) is 11.7 Å². The van der Waals surface area contributed by atoms with Gasteiger partial charge in [-0.1, -0.05) is 19.9 Å². The third kappa shape index (κ3) is 3.76. The molecule has 0 heterocycles. The minimum absolute atomic E-state index is 0.0693. The highest BCUT2D eigenvalue weighted by Gasteiger charge is 2.26. The van der Waals surface area contributed by atoms with Crippen LogP contribution in [-0.2, 0) is 9.53 Å². The Morgan fingerprint density at radius 1 is 1.37 bits per heavy atom. The minimum Gasteiger partial charge on any atom is -0.467 e. The van der Waals surface area contributed by atoms with E-state index in [1.165, 1.54) is 25.3 Å². The van der Waals surface area contributed by atoms with Crippen LogP contribution in [0.25, 0.3) is 0 Å². The van der Waals surface area contributed by atoms with Gasteiger partial charge in [-0.15, -0.1) is 0 Å². The molecule has 1 atom stereocenters. The van der Waals surface area contributed by atoms with Crippen molar-refractivity contribution in [3.63, 3.8) is 0 Å². The molecule has 0 radical (unpaired) electrons. The molecule has 4 nitrogen and oxygen atoms in total. The summed E-state index contributed by atoms with van der Waals surface area (Å²) < 4.78 is 18.0. The monoisotopic (exact) mass is 331 g/mol. The molecule has 1 aromatic carbocycles. The quantitative estimate of drug-likeness (QED) is 0.862. The fraction of sp³-hybridized carbons (Fsp3) is 0.385. The number of rotatable bonds is 4. The van der Waals surface area contributed by atoms with Crippen LogP contribution in [0.1, 0.15) is 24.2 Å². The second-order valence-electron chi connectivity index (χ2n) is 4.32. The number of methoxy groups -OCH3 is 1. The van der Waals surface area contributed by atoms with Gasteiger partial charge in [0, 0.05) is 0 Å². The van der Waals surface area contributed by atoms with Gasteiger partial charge in [-0.3, -0.25) is 4.79 Å². The first-order valence-corrected chi connectivity index (χ1v) is 6.50. The number of hydrogen-bond donors (Lipinski definition) is 1. The Balaban J connectivity index is 2.94. The Morgan fingerprint density at radius 3 is 2.53 bits per heavy atom. The van der Waals surface area contributed by atoms with Crippen LogP contribution in [0.2, 0.25) is 0 Å². The summed E-state index contributed by atoms with van der Waals surface area (Å²) in [6.45, 7) is 3.56. The van der Waals surface area contributed by atoms with Crippen LogP contribution < -0.4 is 5.32 Å². The molecular formula is C13H15BrFNO3. The molecule has 0 aliphatic carbocycles. The van der Waals surface area contributed by atoms with Crippen molar-refractivity contribution in [3.05, 3.63) is 34.1 Å². The van der Waals surface area contributed by atoms with Gasteiger partial charge >= 0.3 is 5.97 Å². The van der Waals surface area contributed by atoms with E-state index in [4.69, 9.17) is 0 Å². The Labute approximate surface area is 119 Å². The third-order valence-corrected chi connectivity index (χ3v) is 3.41. The summed E-state index contributed by atoms with van der Waals surface area (Å²) in [5.41, 5.74) is 0.134. The molecule has 1 unspecified atom stereocenters. The smallest absolute Gasteiger partial charge is 0.328 e. The first kappa shape index (κ1) is 15.6. The third-order valence-electron chi connectivity index (χ3n) is 2.60. The number of carbonyl (C=O) groups excluding carboxylic acids is 2. The molecule has 0 aliphatic heterocycles. The van der Waals surface area contributed by atoms with Crippen LogP contribution in [0.3, 0.4) is 0 Å². The fourth-order valence-corrected chi connectivity index (χ4v) is 1.97. The molecular weight excluding hydrogens is 317 g/mol. The number of halogens is 2. The van der Waals surface area contributed by atoms with E-state index in [-0.39, 0.29) is 16.0 Å². The van der Waals surface area contributed by atoms with E-state index in [9.17, 15) is 14.0 Å². The Hall–Kier alpha value is -1.43. The summed E-state index contributed by atoms with van der Waals surface area (Å²) >= 11 is 3.01. The topological polar surface area (TPSA) is 55.4 Å². The number of amides is 1. The highest BCUT2D eigenvalue weighted by molar-refractivity contribution is 9.10. The predicted octanol–water partition coefficient (Wildman–Crippen LogP) is 2.52. The number of nitrogens with one attached hydrogen (secondary N) is 1. The van der Waals surface area contributed by atoms with Gasteiger partial charge in [0.1, 0.15) is 11.9 Å². The Kier molecular flexibility index (Phi) is 5.47. The lowest BCUT2D eigenvalue weighted by Gasteiger charge is -2.20. The molecule has 104 valence electrons. The van der Waals surface area contributed by atoms with Crippen LogP contribution in [0.5, 0.6) is 0 Å². The van der Waals surface area contributed by atoms with E-state index in [0.717, 1.165) is 0 Å². The highest BCUT2D eigenvalue weighted by atomic mass is 79.9. The van der Waals surface area contributed by atoms with Gasteiger partial charge in [0.05, 0.1) is 17.1 Å². The first-order valence-electron chi connectivity index (χ1n) is 5.71. The zero-order chi connectivity index (χ0) is 14.6. The molecule has 1 rings (SSSR count). The molecule has 1 N–H and O–H groups in total. The normalized spacial score (nSPS) is 12.1. The number of benzene rings is 1. The van der Waals surface area contributed by atoms with E-state index in [0.29, 0.717) is 0 Å². The van der Waals surface area contributed by atoms with E-state index < -0.39 is 23.7 Å². The Morgan fingerprint density at radius 2 is 2.00 bits per heavy atom. The van der Waals surface area contributed by atoms with Gasteiger partial charge in [0.15, 0.2) is 0 Å². The predicted molar refractivity (Wildman–Crippen MR) is 72.2 cm³/mol. The van der Waals surface area contributed by atoms with Crippen molar-refractivity contribution in [3.8, 4) is 0 Å². The van der Waals surface area contributed by atoms with Crippen LogP contribution in [0.15, 0.2) is 22.7 Å². The lowest BCUT2D eigenvalue weighted by atomic mass is 10.0. The lowest BCUT2D eigenvalue weighted by molar-refractivity contribution is -0.144. The molecule has 6 heteroatoms. The number of carbonyl (C=O) groups is 2. The van der Waals surface area contributed by atoms with Gasteiger partial charge in [0.2, 0.25) is 0 Å². The van der Waals surface area contributed by atoms with Gasteiger partial charge in [-0.05, 0) is 34.0 Å². The molecule has 0 spiro atoms. The Bertz CT molecular complexity index is 491. The van der Waals surface area contributed by atoms with Crippen molar-refractivity contribution >= 4 is 27.8 Å². The summed E-state index contributed by atoms with van der Waals surface area (Å²) in [5, 5.41) is 2.54. The van der Waals surface area contributed by atoms with Crippen LogP contribution in [0.4, 0.5) is 4.39 Å². The zero-order valence-electron chi connectivity index (χ0n) is 10.9. The summed E-state index contributed by atoms with van der Waals surface area (Å²) in [4.78, 5) is 23.6.